The normalized spacial score (nSPS) is 11.6. The monoisotopic (exact) mass is 318 g/mol. The Balaban J connectivity index is 1.93. The molecule has 0 unspecified atom stereocenters. The highest BCUT2D eigenvalue weighted by Crippen LogP contribution is 2.18. The maximum Gasteiger partial charge on any atom is 0.255 e. The number of anilines is 2. The van der Waals surface area contributed by atoms with Crippen molar-refractivity contribution in [2.45, 2.75) is 19.9 Å². The summed E-state index contributed by atoms with van der Waals surface area (Å²) in [6.07, 6.45) is 0. The average Bonchev–Trinajstić information content (AvgIpc) is 2.90. The Hall–Kier alpha value is -3.03. The standard InChI is InChI=1S/C15H18N4O4/c1-9-6-14(23-19-9)18-15(21)10(2)17-11-4-3-5-12(7-11)22-8-13(16)20/h3-7,10,17H,8H2,1-2H3,(H2,16,20)(H,18,21)/t10-/m0/s1. The Kier molecular flexibility index (Phi) is 5.19. The molecule has 1 atom stereocenters. The number of rotatable bonds is 7. The number of nitrogens with zero attached hydrogens (tertiary/aromatic N) is 1. The van der Waals surface area contributed by atoms with Gasteiger partial charge in [0.2, 0.25) is 11.8 Å². The fourth-order valence-corrected chi connectivity index (χ4v) is 1.80. The van der Waals surface area contributed by atoms with Crippen LogP contribution in [0.4, 0.5) is 11.6 Å². The molecule has 0 bridgehead atoms. The van der Waals surface area contributed by atoms with Crippen molar-refractivity contribution in [3.8, 4) is 5.75 Å². The maximum atomic E-state index is 12.1. The molecule has 0 saturated carbocycles. The fourth-order valence-electron chi connectivity index (χ4n) is 1.80. The van der Waals surface area contributed by atoms with Crippen molar-refractivity contribution in [3.05, 3.63) is 36.0 Å². The molecule has 1 heterocycles. The van der Waals surface area contributed by atoms with Gasteiger partial charge in [-0.2, -0.15) is 0 Å². The van der Waals surface area contributed by atoms with Crippen LogP contribution in [0.1, 0.15) is 12.6 Å². The highest BCUT2D eigenvalue weighted by Gasteiger charge is 2.15. The highest BCUT2D eigenvalue weighted by atomic mass is 16.5. The van der Waals surface area contributed by atoms with E-state index in [1.54, 1.807) is 44.2 Å². The second-order valence-corrected chi connectivity index (χ2v) is 4.97. The van der Waals surface area contributed by atoms with Gasteiger partial charge in [0.25, 0.3) is 5.91 Å². The Morgan fingerprint density at radius 2 is 2.17 bits per heavy atom. The first-order valence-electron chi connectivity index (χ1n) is 6.96. The van der Waals surface area contributed by atoms with Gasteiger partial charge >= 0.3 is 0 Å². The summed E-state index contributed by atoms with van der Waals surface area (Å²) >= 11 is 0. The quantitative estimate of drug-likeness (QED) is 0.707. The SMILES string of the molecule is Cc1cc(NC(=O)[C@H](C)Nc2cccc(OCC(N)=O)c2)on1. The molecule has 2 rings (SSSR count). The Labute approximate surface area is 133 Å². The molecule has 0 fully saturated rings. The van der Waals surface area contributed by atoms with Crippen LogP contribution in [0.25, 0.3) is 0 Å². The van der Waals surface area contributed by atoms with Crippen LogP contribution < -0.4 is 21.1 Å². The van der Waals surface area contributed by atoms with Gasteiger partial charge in [0.1, 0.15) is 11.8 Å². The van der Waals surface area contributed by atoms with Crippen molar-refractivity contribution in [3.63, 3.8) is 0 Å². The zero-order chi connectivity index (χ0) is 16.8. The van der Waals surface area contributed by atoms with Gasteiger partial charge in [-0.25, -0.2) is 0 Å². The first kappa shape index (κ1) is 16.3. The van der Waals surface area contributed by atoms with Crippen molar-refractivity contribution < 1.29 is 18.8 Å². The molecule has 0 radical (unpaired) electrons. The van der Waals surface area contributed by atoms with Gasteiger partial charge in [-0.05, 0) is 26.0 Å². The van der Waals surface area contributed by atoms with Crippen LogP contribution in [0, 0.1) is 6.92 Å². The summed E-state index contributed by atoms with van der Waals surface area (Å²) in [6, 6.07) is 7.99. The van der Waals surface area contributed by atoms with Crippen LogP contribution in [-0.2, 0) is 9.59 Å². The smallest absolute Gasteiger partial charge is 0.255 e. The first-order chi connectivity index (χ1) is 10.9. The predicted octanol–water partition coefficient (Wildman–Crippen LogP) is 1.29. The summed E-state index contributed by atoms with van der Waals surface area (Å²) in [5, 5.41) is 9.34. The molecule has 2 amide bonds. The zero-order valence-corrected chi connectivity index (χ0v) is 12.8. The summed E-state index contributed by atoms with van der Waals surface area (Å²) in [5.74, 6) is -0.0602. The maximum absolute atomic E-state index is 12.1. The van der Waals surface area contributed by atoms with Crippen molar-refractivity contribution >= 4 is 23.4 Å². The van der Waals surface area contributed by atoms with E-state index in [2.05, 4.69) is 15.8 Å². The van der Waals surface area contributed by atoms with Gasteiger partial charge in [0, 0.05) is 17.8 Å². The molecule has 1 aromatic heterocycles. The third kappa shape index (κ3) is 5.03. The summed E-state index contributed by atoms with van der Waals surface area (Å²) in [7, 11) is 0. The Bertz CT molecular complexity index is 698. The number of nitrogens with two attached hydrogens (primary N) is 1. The number of aromatic nitrogens is 1. The van der Waals surface area contributed by atoms with Gasteiger partial charge in [-0.1, -0.05) is 11.2 Å². The van der Waals surface area contributed by atoms with Gasteiger partial charge in [-0.15, -0.1) is 0 Å². The van der Waals surface area contributed by atoms with E-state index in [1.807, 2.05) is 0 Å². The lowest BCUT2D eigenvalue weighted by Gasteiger charge is -2.15. The molecule has 1 aromatic carbocycles. The minimum absolute atomic E-state index is 0.204. The number of benzene rings is 1. The van der Waals surface area contributed by atoms with Crippen LogP contribution in [0.5, 0.6) is 5.75 Å². The topological polar surface area (TPSA) is 119 Å². The van der Waals surface area contributed by atoms with E-state index < -0.39 is 11.9 Å². The lowest BCUT2D eigenvalue weighted by Crippen LogP contribution is -2.31. The van der Waals surface area contributed by atoms with Gasteiger partial charge in [0.05, 0.1) is 5.69 Å². The van der Waals surface area contributed by atoms with E-state index in [9.17, 15) is 9.59 Å². The number of nitrogens with one attached hydrogen (secondary N) is 2. The molecule has 0 spiro atoms. The molecule has 4 N–H and O–H groups in total. The molecule has 0 aliphatic carbocycles. The van der Waals surface area contributed by atoms with Gasteiger partial charge < -0.3 is 20.3 Å². The van der Waals surface area contributed by atoms with Gasteiger partial charge in [0.15, 0.2) is 6.61 Å². The molecule has 23 heavy (non-hydrogen) atoms. The first-order valence-corrected chi connectivity index (χ1v) is 6.96. The number of amides is 2. The minimum Gasteiger partial charge on any atom is -0.484 e. The number of hydrogen-bond acceptors (Lipinski definition) is 6. The lowest BCUT2D eigenvalue weighted by molar-refractivity contribution is -0.120. The molecule has 0 aliphatic heterocycles. The second kappa shape index (κ2) is 7.30. The molecule has 0 saturated heterocycles. The van der Waals surface area contributed by atoms with Crippen LogP contribution in [0.15, 0.2) is 34.9 Å². The summed E-state index contributed by atoms with van der Waals surface area (Å²) in [6.45, 7) is 3.26. The molecule has 122 valence electrons. The summed E-state index contributed by atoms with van der Waals surface area (Å²) in [5.41, 5.74) is 6.38. The minimum atomic E-state index is -0.557. The number of carbonyl (C=O) groups is 2. The molecule has 2 aromatic rings. The third-order valence-electron chi connectivity index (χ3n) is 2.87. The summed E-state index contributed by atoms with van der Waals surface area (Å²) < 4.78 is 10.1. The third-order valence-corrected chi connectivity index (χ3v) is 2.87. The van der Waals surface area contributed by atoms with Crippen LogP contribution in [-0.4, -0.2) is 29.6 Å². The lowest BCUT2D eigenvalue weighted by atomic mass is 10.2. The second-order valence-electron chi connectivity index (χ2n) is 4.97. The average molecular weight is 318 g/mol. The molecular weight excluding hydrogens is 300 g/mol. The van der Waals surface area contributed by atoms with Crippen molar-refractivity contribution in [2.75, 3.05) is 17.2 Å². The summed E-state index contributed by atoms with van der Waals surface area (Å²) in [4.78, 5) is 22.8. The number of aryl methyl sites for hydroxylation is 1. The molecule has 8 nitrogen and oxygen atoms in total. The number of ether oxygens (including phenoxy) is 1. The fraction of sp³-hybridized carbons (Fsp3) is 0.267. The number of primary amides is 1. The van der Waals surface area contributed by atoms with E-state index >= 15 is 0 Å². The van der Waals surface area contributed by atoms with Crippen molar-refractivity contribution in [1.29, 1.82) is 0 Å². The van der Waals surface area contributed by atoms with E-state index in [1.165, 1.54) is 0 Å². The van der Waals surface area contributed by atoms with Crippen molar-refractivity contribution in [2.24, 2.45) is 5.73 Å². The van der Waals surface area contributed by atoms with E-state index in [-0.39, 0.29) is 12.5 Å². The van der Waals surface area contributed by atoms with Crippen LogP contribution >= 0.6 is 0 Å². The molecule has 0 aliphatic rings. The van der Waals surface area contributed by atoms with Gasteiger partial charge in [-0.3, -0.25) is 14.9 Å². The molecule has 8 heteroatoms. The molecular formula is C15H18N4O4. The van der Waals surface area contributed by atoms with Crippen LogP contribution in [0.2, 0.25) is 0 Å². The highest BCUT2D eigenvalue weighted by molar-refractivity contribution is 5.95. The zero-order valence-electron chi connectivity index (χ0n) is 12.8. The number of carbonyl (C=O) groups excluding carboxylic acids is 2. The Morgan fingerprint density at radius 1 is 1.39 bits per heavy atom. The number of hydrogen-bond donors (Lipinski definition) is 3. The predicted molar refractivity (Wildman–Crippen MR) is 84.1 cm³/mol. The Morgan fingerprint density at radius 3 is 2.83 bits per heavy atom. The van der Waals surface area contributed by atoms with E-state index in [4.69, 9.17) is 15.0 Å². The van der Waals surface area contributed by atoms with Crippen molar-refractivity contribution in [1.82, 2.24) is 5.16 Å². The van der Waals surface area contributed by atoms with Crippen LogP contribution in [0.3, 0.4) is 0 Å². The largest absolute Gasteiger partial charge is 0.484 e. The van der Waals surface area contributed by atoms with E-state index in [0.29, 0.717) is 23.0 Å². The van der Waals surface area contributed by atoms with E-state index in [0.717, 1.165) is 0 Å².